The number of hydrazine groups is 1. The summed E-state index contributed by atoms with van der Waals surface area (Å²) in [5.74, 6) is 2.41. The zero-order valence-electron chi connectivity index (χ0n) is 15.0. The molecule has 26 heavy (non-hydrogen) atoms. The Balaban J connectivity index is 1.28. The second-order valence-corrected chi connectivity index (χ2v) is 9.31. The molecule has 0 unspecified atom stereocenters. The quantitative estimate of drug-likeness (QED) is 0.732. The van der Waals surface area contributed by atoms with Crippen LogP contribution in [0.3, 0.4) is 0 Å². The van der Waals surface area contributed by atoms with Crippen LogP contribution >= 0.6 is 15.9 Å². The molecule has 5 rings (SSSR count). The van der Waals surface area contributed by atoms with Gasteiger partial charge in [0.15, 0.2) is 6.61 Å². The van der Waals surface area contributed by atoms with Gasteiger partial charge in [0, 0.05) is 4.47 Å². The van der Waals surface area contributed by atoms with Crippen LogP contribution in [0.4, 0.5) is 0 Å². The van der Waals surface area contributed by atoms with E-state index in [1.54, 1.807) is 0 Å². The number of rotatable bonds is 4. The lowest BCUT2D eigenvalue weighted by Crippen LogP contribution is -2.57. The number of halogens is 1. The summed E-state index contributed by atoms with van der Waals surface area (Å²) in [6.45, 7) is 1.80. The lowest BCUT2D eigenvalue weighted by atomic mass is 9.49. The van der Waals surface area contributed by atoms with Crippen LogP contribution in [0.1, 0.15) is 44.1 Å². The Labute approximate surface area is 162 Å². The Kier molecular flexibility index (Phi) is 4.71. The van der Waals surface area contributed by atoms with Crippen LogP contribution in [-0.4, -0.2) is 18.4 Å². The summed E-state index contributed by atoms with van der Waals surface area (Å²) in [5, 5.41) is 0. The molecular weight excluding hydrogens is 396 g/mol. The molecule has 1 aromatic rings. The number of hydrogen-bond acceptors (Lipinski definition) is 3. The van der Waals surface area contributed by atoms with Crippen LogP contribution < -0.4 is 15.6 Å². The van der Waals surface area contributed by atoms with Crippen LogP contribution in [0.5, 0.6) is 5.75 Å². The fraction of sp³-hybridized carbons (Fsp3) is 0.600. The van der Waals surface area contributed by atoms with Crippen molar-refractivity contribution in [2.24, 2.45) is 23.2 Å². The van der Waals surface area contributed by atoms with Crippen LogP contribution in [0.25, 0.3) is 0 Å². The number of carbonyl (C=O) groups excluding carboxylic acids is 2. The lowest BCUT2D eigenvalue weighted by Gasteiger charge is -2.55. The van der Waals surface area contributed by atoms with E-state index in [0.717, 1.165) is 29.3 Å². The summed E-state index contributed by atoms with van der Waals surface area (Å²) in [4.78, 5) is 24.9. The van der Waals surface area contributed by atoms with Crippen molar-refractivity contribution in [2.45, 2.75) is 45.4 Å². The number of ether oxygens (including phenoxy) is 1. The Morgan fingerprint density at radius 1 is 1.12 bits per heavy atom. The monoisotopic (exact) mass is 420 g/mol. The summed E-state index contributed by atoms with van der Waals surface area (Å²) in [6.07, 6.45) is 6.82. The first-order valence-electron chi connectivity index (χ1n) is 9.42. The van der Waals surface area contributed by atoms with E-state index in [2.05, 4.69) is 26.8 Å². The standard InChI is InChI=1S/C20H25BrN2O3/c1-12-4-16(21)2-3-17(12)26-11-18(24)22-23-19(25)20-8-13-5-14(9-20)7-15(6-13)10-20/h2-4,13-15H,5-11H2,1H3,(H,22,24)(H,23,25). The maximum Gasteiger partial charge on any atom is 0.276 e. The van der Waals surface area contributed by atoms with Gasteiger partial charge in [-0.1, -0.05) is 15.9 Å². The summed E-state index contributed by atoms with van der Waals surface area (Å²) < 4.78 is 6.52. The van der Waals surface area contributed by atoms with E-state index in [4.69, 9.17) is 4.74 Å². The van der Waals surface area contributed by atoms with Crippen LogP contribution in [0, 0.1) is 30.1 Å². The fourth-order valence-corrected chi connectivity index (χ4v) is 6.08. The molecule has 0 saturated heterocycles. The van der Waals surface area contributed by atoms with Crippen molar-refractivity contribution in [2.75, 3.05) is 6.61 Å². The molecule has 140 valence electrons. The second kappa shape index (κ2) is 6.87. The number of hydrogen-bond donors (Lipinski definition) is 2. The van der Waals surface area contributed by atoms with Gasteiger partial charge in [-0.2, -0.15) is 0 Å². The van der Waals surface area contributed by atoms with Crippen molar-refractivity contribution < 1.29 is 14.3 Å². The minimum absolute atomic E-state index is 0.00947. The highest BCUT2D eigenvalue weighted by atomic mass is 79.9. The molecule has 0 spiro atoms. The topological polar surface area (TPSA) is 67.4 Å². The van der Waals surface area contributed by atoms with Gasteiger partial charge in [-0.15, -0.1) is 0 Å². The third-order valence-electron chi connectivity index (χ3n) is 6.33. The van der Waals surface area contributed by atoms with Crippen molar-refractivity contribution in [3.8, 4) is 5.75 Å². The normalized spacial score (nSPS) is 31.5. The number of aryl methyl sites for hydroxylation is 1. The smallest absolute Gasteiger partial charge is 0.276 e. The van der Waals surface area contributed by atoms with Gasteiger partial charge in [-0.05, 0) is 87.0 Å². The number of carbonyl (C=O) groups is 2. The number of benzene rings is 1. The molecule has 4 bridgehead atoms. The molecule has 0 aliphatic heterocycles. The van der Waals surface area contributed by atoms with Gasteiger partial charge < -0.3 is 4.74 Å². The molecule has 4 fully saturated rings. The molecule has 4 aliphatic rings. The summed E-state index contributed by atoms with van der Waals surface area (Å²) in [5.41, 5.74) is 5.90. The summed E-state index contributed by atoms with van der Waals surface area (Å²) >= 11 is 3.40. The molecule has 0 atom stereocenters. The highest BCUT2D eigenvalue weighted by Crippen LogP contribution is 2.60. The predicted molar refractivity (Wildman–Crippen MR) is 101 cm³/mol. The average molecular weight is 421 g/mol. The SMILES string of the molecule is Cc1cc(Br)ccc1OCC(=O)NNC(=O)C12CC3CC(CC(C3)C1)C2. The lowest BCUT2D eigenvalue weighted by molar-refractivity contribution is -0.149. The summed E-state index contributed by atoms with van der Waals surface area (Å²) in [6, 6.07) is 5.62. The number of nitrogens with one attached hydrogen (secondary N) is 2. The van der Waals surface area contributed by atoms with Crippen molar-refractivity contribution in [1.82, 2.24) is 10.9 Å². The molecule has 0 heterocycles. The van der Waals surface area contributed by atoms with E-state index in [1.165, 1.54) is 19.3 Å². The first-order valence-corrected chi connectivity index (χ1v) is 10.2. The van der Waals surface area contributed by atoms with E-state index in [0.29, 0.717) is 23.5 Å². The van der Waals surface area contributed by atoms with Gasteiger partial charge in [0.1, 0.15) is 5.75 Å². The molecule has 6 heteroatoms. The Hall–Kier alpha value is -1.56. The zero-order valence-corrected chi connectivity index (χ0v) is 16.6. The third-order valence-corrected chi connectivity index (χ3v) is 6.82. The van der Waals surface area contributed by atoms with E-state index < -0.39 is 0 Å². The highest BCUT2D eigenvalue weighted by Gasteiger charge is 2.54. The average Bonchev–Trinajstić information content (AvgIpc) is 2.57. The Morgan fingerprint density at radius 3 is 2.31 bits per heavy atom. The van der Waals surface area contributed by atoms with Crippen LogP contribution in [0.15, 0.2) is 22.7 Å². The van der Waals surface area contributed by atoms with Crippen molar-refractivity contribution in [1.29, 1.82) is 0 Å². The van der Waals surface area contributed by atoms with E-state index in [1.807, 2.05) is 25.1 Å². The first kappa shape index (κ1) is 17.8. The largest absolute Gasteiger partial charge is 0.483 e. The van der Waals surface area contributed by atoms with Crippen molar-refractivity contribution >= 4 is 27.7 Å². The van der Waals surface area contributed by atoms with E-state index in [-0.39, 0.29) is 23.8 Å². The zero-order chi connectivity index (χ0) is 18.3. The van der Waals surface area contributed by atoms with Gasteiger partial charge in [-0.25, -0.2) is 0 Å². The molecule has 2 N–H and O–H groups in total. The molecule has 0 aromatic heterocycles. The van der Waals surface area contributed by atoms with E-state index >= 15 is 0 Å². The minimum atomic E-state index is -0.342. The fourth-order valence-electron chi connectivity index (χ4n) is 5.60. The van der Waals surface area contributed by atoms with Gasteiger partial charge >= 0.3 is 0 Å². The molecule has 0 radical (unpaired) electrons. The molecule has 1 aromatic carbocycles. The Bertz CT molecular complexity index is 698. The van der Waals surface area contributed by atoms with Gasteiger partial charge in [0.25, 0.3) is 5.91 Å². The molecule has 4 aliphatic carbocycles. The molecule has 5 nitrogen and oxygen atoms in total. The maximum atomic E-state index is 12.8. The Morgan fingerprint density at radius 2 is 1.73 bits per heavy atom. The van der Waals surface area contributed by atoms with Crippen LogP contribution in [0.2, 0.25) is 0 Å². The summed E-state index contributed by atoms with van der Waals surface area (Å²) in [7, 11) is 0. The van der Waals surface area contributed by atoms with Gasteiger partial charge in [-0.3, -0.25) is 20.4 Å². The third kappa shape index (κ3) is 3.48. The molecular formula is C20H25BrN2O3. The van der Waals surface area contributed by atoms with Gasteiger partial charge in [0.05, 0.1) is 5.41 Å². The van der Waals surface area contributed by atoms with Crippen molar-refractivity contribution in [3.63, 3.8) is 0 Å². The minimum Gasteiger partial charge on any atom is -0.483 e. The van der Waals surface area contributed by atoms with E-state index in [9.17, 15) is 9.59 Å². The molecule has 4 saturated carbocycles. The predicted octanol–water partition coefficient (Wildman–Crippen LogP) is 3.50. The second-order valence-electron chi connectivity index (χ2n) is 8.40. The van der Waals surface area contributed by atoms with Gasteiger partial charge in [0.2, 0.25) is 5.91 Å². The first-order chi connectivity index (χ1) is 12.4. The van der Waals surface area contributed by atoms with Crippen LogP contribution in [-0.2, 0) is 9.59 Å². The molecule has 2 amide bonds. The maximum absolute atomic E-state index is 12.8. The number of amides is 2. The van der Waals surface area contributed by atoms with Crippen molar-refractivity contribution in [3.05, 3.63) is 28.2 Å². The highest BCUT2D eigenvalue weighted by molar-refractivity contribution is 9.10.